The molecule has 32 heavy (non-hydrogen) atoms. The van der Waals surface area contributed by atoms with E-state index in [0.717, 1.165) is 45.1 Å². The number of carbonyl (C=O) groups is 2. The number of ether oxygens (including phenoxy) is 1. The number of rotatable bonds is 8. The molecule has 1 aliphatic heterocycles. The molecule has 5 rings (SSSR count). The summed E-state index contributed by atoms with van der Waals surface area (Å²) in [5.74, 6) is 0.921. The number of hydrogen-bond acceptors (Lipinski definition) is 4. The second-order valence-electron chi connectivity index (χ2n) is 10.8. The topological polar surface area (TPSA) is 53.1 Å². The Balaban J connectivity index is 1.32. The summed E-state index contributed by atoms with van der Waals surface area (Å²) in [5, 5.41) is 0. The van der Waals surface area contributed by atoms with Crippen LogP contribution in [0.1, 0.15) is 56.9 Å². The average Bonchev–Trinajstić information content (AvgIpc) is 3.71. The van der Waals surface area contributed by atoms with Crippen LogP contribution in [0.25, 0.3) is 0 Å². The van der Waals surface area contributed by atoms with E-state index in [1.165, 1.54) is 18.4 Å². The van der Waals surface area contributed by atoms with Gasteiger partial charge in [0.25, 0.3) is 0 Å². The van der Waals surface area contributed by atoms with Crippen LogP contribution in [0.2, 0.25) is 0 Å². The van der Waals surface area contributed by atoms with Crippen molar-refractivity contribution in [2.24, 2.45) is 11.8 Å². The zero-order chi connectivity index (χ0) is 22.3. The van der Waals surface area contributed by atoms with Crippen LogP contribution in [-0.4, -0.2) is 72.6 Å². The van der Waals surface area contributed by atoms with Crippen LogP contribution in [-0.2, 0) is 15.1 Å². The number of carbonyl (C=O) groups excluding carboxylic acids is 2. The molecule has 2 amide bonds. The van der Waals surface area contributed by atoms with E-state index < -0.39 is 0 Å². The minimum Gasteiger partial charge on any atom is -0.464 e. The first-order valence-electron chi connectivity index (χ1n) is 12.4. The molecule has 4 fully saturated rings. The van der Waals surface area contributed by atoms with Crippen molar-refractivity contribution >= 4 is 12.0 Å². The molecule has 0 N–H and O–H groups in total. The van der Waals surface area contributed by atoms with Crippen LogP contribution < -0.4 is 0 Å². The predicted octanol–water partition coefficient (Wildman–Crippen LogP) is 3.86. The summed E-state index contributed by atoms with van der Waals surface area (Å²) in [7, 11) is 4.35. The molecule has 1 saturated heterocycles. The smallest absolute Gasteiger partial charge is 0.325 e. The second-order valence-corrected chi connectivity index (χ2v) is 10.8. The monoisotopic (exact) mass is 439 g/mol. The van der Waals surface area contributed by atoms with E-state index in [1.54, 1.807) is 4.90 Å². The molecule has 1 aromatic carbocycles. The third-order valence-corrected chi connectivity index (χ3v) is 8.37. The van der Waals surface area contributed by atoms with E-state index in [0.29, 0.717) is 25.0 Å². The van der Waals surface area contributed by atoms with Crippen molar-refractivity contribution in [3.8, 4) is 0 Å². The van der Waals surface area contributed by atoms with Crippen LogP contribution >= 0.6 is 0 Å². The molecule has 1 aromatic rings. The quantitative estimate of drug-likeness (QED) is 0.577. The van der Waals surface area contributed by atoms with Crippen LogP contribution in [0, 0.1) is 11.8 Å². The largest absolute Gasteiger partial charge is 0.464 e. The van der Waals surface area contributed by atoms with Crippen LogP contribution in [0.5, 0.6) is 0 Å². The third-order valence-electron chi connectivity index (χ3n) is 8.37. The molecule has 1 heterocycles. The Morgan fingerprint density at radius 2 is 1.69 bits per heavy atom. The number of benzene rings is 1. The lowest BCUT2D eigenvalue weighted by molar-refractivity contribution is -0.144. The molecule has 3 saturated carbocycles. The van der Waals surface area contributed by atoms with Gasteiger partial charge in [0.05, 0.1) is 12.1 Å². The van der Waals surface area contributed by atoms with E-state index in [1.807, 2.05) is 0 Å². The Morgan fingerprint density at radius 3 is 2.28 bits per heavy atom. The highest BCUT2D eigenvalue weighted by Crippen LogP contribution is 2.49. The van der Waals surface area contributed by atoms with Gasteiger partial charge < -0.3 is 14.5 Å². The fraction of sp³-hybridized carbons (Fsp3) is 0.692. The molecule has 4 aliphatic rings. The van der Waals surface area contributed by atoms with Crippen LogP contribution in [0.3, 0.4) is 0 Å². The fourth-order valence-corrected chi connectivity index (χ4v) is 5.83. The molecule has 0 atom stereocenters. The summed E-state index contributed by atoms with van der Waals surface area (Å²) < 4.78 is 5.45. The molecule has 0 unspecified atom stereocenters. The van der Waals surface area contributed by atoms with Crippen LogP contribution in [0.15, 0.2) is 30.3 Å². The van der Waals surface area contributed by atoms with Crippen molar-refractivity contribution in [1.29, 1.82) is 0 Å². The molecular weight excluding hydrogens is 402 g/mol. The molecule has 0 aromatic heterocycles. The van der Waals surface area contributed by atoms with Gasteiger partial charge in [-0.1, -0.05) is 30.3 Å². The first-order chi connectivity index (χ1) is 15.4. The van der Waals surface area contributed by atoms with Gasteiger partial charge in [0.2, 0.25) is 0 Å². The Hall–Kier alpha value is -2.08. The zero-order valence-corrected chi connectivity index (χ0v) is 19.6. The molecule has 6 nitrogen and oxygen atoms in total. The lowest BCUT2D eigenvalue weighted by Gasteiger charge is -2.51. The minimum atomic E-state index is -0.253. The van der Waals surface area contributed by atoms with Crippen molar-refractivity contribution in [2.45, 2.75) is 62.4 Å². The maximum Gasteiger partial charge on any atom is 0.325 e. The van der Waals surface area contributed by atoms with Crippen molar-refractivity contribution in [3.05, 3.63) is 35.9 Å². The number of nitrogens with zero attached hydrogens (tertiary/aromatic N) is 3. The second kappa shape index (κ2) is 8.36. The summed E-state index contributed by atoms with van der Waals surface area (Å²) in [4.78, 5) is 32.1. The van der Waals surface area contributed by atoms with Gasteiger partial charge in [-0.25, -0.2) is 4.79 Å². The number of esters is 1. The third kappa shape index (κ3) is 4.14. The van der Waals surface area contributed by atoms with E-state index in [9.17, 15) is 9.59 Å². The van der Waals surface area contributed by atoms with Gasteiger partial charge in [0.1, 0.15) is 6.54 Å². The maximum atomic E-state index is 13.4. The lowest BCUT2D eigenvalue weighted by Crippen LogP contribution is -2.55. The van der Waals surface area contributed by atoms with E-state index in [2.05, 4.69) is 54.2 Å². The number of amides is 2. The van der Waals surface area contributed by atoms with Crippen molar-refractivity contribution in [2.75, 3.05) is 40.3 Å². The summed E-state index contributed by atoms with van der Waals surface area (Å²) in [6, 6.07) is 10.8. The first kappa shape index (κ1) is 21.7. The highest BCUT2D eigenvalue weighted by atomic mass is 16.5. The SMILES string of the molecule is CN(C)C1(c2ccccc2)CCC2(CC1)CN(CC(=O)OCC1CC1)C(=O)N2CC1CC1. The van der Waals surface area contributed by atoms with E-state index >= 15 is 0 Å². The fourth-order valence-electron chi connectivity index (χ4n) is 5.83. The number of urea groups is 1. The molecule has 174 valence electrons. The van der Waals surface area contributed by atoms with Gasteiger partial charge in [0, 0.05) is 18.6 Å². The molecule has 3 aliphatic carbocycles. The summed E-state index contributed by atoms with van der Waals surface area (Å²) >= 11 is 0. The highest BCUT2D eigenvalue weighted by Gasteiger charge is 2.55. The predicted molar refractivity (Wildman–Crippen MR) is 123 cm³/mol. The maximum absolute atomic E-state index is 13.4. The van der Waals surface area contributed by atoms with Gasteiger partial charge in [-0.15, -0.1) is 0 Å². The van der Waals surface area contributed by atoms with Gasteiger partial charge in [0.15, 0.2) is 0 Å². The average molecular weight is 440 g/mol. The molecule has 6 heteroatoms. The molecule has 0 radical (unpaired) electrons. The summed E-state index contributed by atoms with van der Waals surface area (Å²) in [5.41, 5.74) is 1.20. The summed E-state index contributed by atoms with van der Waals surface area (Å²) in [6.45, 7) is 2.09. The molecule has 1 spiro atoms. The minimum absolute atomic E-state index is 0.00256. The highest BCUT2D eigenvalue weighted by molar-refractivity contribution is 5.83. The standard InChI is InChI=1S/C26H37N3O3/c1-27(2)26(22-6-4-3-5-7-22)14-12-25(13-15-26)19-28(17-23(30)32-18-21-10-11-21)24(31)29(25)16-20-8-9-20/h3-7,20-21H,8-19H2,1-2H3. The zero-order valence-electron chi connectivity index (χ0n) is 19.6. The molecular formula is C26H37N3O3. The van der Waals surface area contributed by atoms with Gasteiger partial charge in [-0.3, -0.25) is 9.69 Å². The lowest BCUT2D eigenvalue weighted by atomic mass is 9.68. The van der Waals surface area contributed by atoms with Crippen molar-refractivity contribution in [1.82, 2.24) is 14.7 Å². The Labute approximate surface area is 191 Å². The van der Waals surface area contributed by atoms with E-state index in [-0.39, 0.29) is 29.6 Å². The first-order valence-corrected chi connectivity index (χ1v) is 12.4. The molecule has 0 bridgehead atoms. The Bertz CT molecular complexity index is 839. The van der Waals surface area contributed by atoms with Gasteiger partial charge in [-0.05, 0) is 82.9 Å². The van der Waals surface area contributed by atoms with Gasteiger partial charge in [-0.2, -0.15) is 0 Å². The Morgan fingerprint density at radius 1 is 1.03 bits per heavy atom. The van der Waals surface area contributed by atoms with Gasteiger partial charge >= 0.3 is 12.0 Å². The summed E-state index contributed by atoms with van der Waals surface area (Å²) in [6.07, 6.45) is 8.70. The van der Waals surface area contributed by atoms with Crippen molar-refractivity contribution in [3.63, 3.8) is 0 Å². The van der Waals surface area contributed by atoms with Crippen molar-refractivity contribution < 1.29 is 14.3 Å². The number of hydrogen-bond donors (Lipinski definition) is 0. The van der Waals surface area contributed by atoms with E-state index in [4.69, 9.17) is 4.74 Å². The van der Waals surface area contributed by atoms with Crippen LogP contribution in [0.4, 0.5) is 4.79 Å². The Kier molecular flexibility index (Phi) is 5.68. The normalized spacial score (nSPS) is 30.4.